The summed E-state index contributed by atoms with van der Waals surface area (Å²) in [6.45, 7) is -0.258. The highest BCUT2D eigenvalue weighted by molar-refractivity contribution is 7.91. The average Bonchev–Trinajstić information content (AvgIpc) is 2.54. The van der Waals surface area contributed by atoms with Gasteiger partial charge in [0, 0.05) is 13.1 Å². The second kappa shape index (κ2) is 6.25. The number of anilines is 1. The molecule has 140 valence electrons. The van der Waals surface area contributed by atoms with Crippen LogP contribution in [0.4, 0.5) is 18.9 Å². The summed E-state index contributed by atoms with van der Waals surface area (Å²) in [5.41, 5.74) is -0.193. The van der Waals surface area contributed by atoms with E-state index in [0.29, 0.717) is 5.56 Å². The van der Waals surface area contributed by atoms with Crippen LogP contribution in [0.3, 0.4) is 0 Å². The molecule has 0 aromatic heterocycles. The average molecular weight is 406 g/mol. The molecule has 26 heavy (non-hydrogen) atoms. The van der Waals surface area contributed by atoms with Crippen LogP contribution in [0, 0.1) is 17.5 Å². The molecule has 0 fully saturated rings. The van der Waals surface area contributed by atoms with Crippen LogP contribution < -0.4 is 10.0 Å². The molecule has 1 heterocycles. The van der Waals surface area contributed by atoms with Crippen LogP contribution >= 0.6 is 0 Å². The van der Waals surface area contributed by atoms with E-state index in [-0.39, 0.29) is 13.1 Å². The van der Waals surface area contributed by atoms with E-state index in [1.54, 1.807) is 30.3 Å². The van der Waals surface area contributed by atoms with Crippen LogP contribution in [0.5, 0.6) is 0 Å². The number of hydrogen-bond donors (Lipinski definition) is 1. The van der Waals surface area contributed by atoms with Gasteiger partial charge in [0.05, 0.1) is 11.4 Å². The van der Waals surface area contributed by atoms with Gasteiger partial charge in [-0.2, -0.15) is 0 Å². The zero-order valence-electron chi connectivity index (χ0n) is 13.1. The third-order valence-corrected chi connectivity index (χ3v) is 6.61. The zero-order chi connectivity index (χ0) is 19.3. The van der Waals surface area contributed by atoms with Crippen molar-refractivity contribution < 1.29 is 30.0 Å². The predicted molar refractivity (Wildman–Crippen MR) is 87.2 cm³/mol. The molecule has 0 radical (unpaired) electrons. The predicted octanol–water partition coefficient (Wildman–Crippen LogP) is 1.55. The number of halogens is 3. The van der Waals surface area contributed by atoms with Gasteiger partial charge in [0.1, 0.15) is 4.90 Å². The Balaban J connectivity index is 2.31. The molecule has 2 aromatic rings. The number of nitrogens with two attached hydrogens (primary N) is 1. The number of fused-ring (bicyclic) bond motifs is 1. The van der Waals surface area contributed by atoms with Gasteiger partial charge in [0.25, 0.3) is 0 Å². The fourth-order valence-electron chi connectivity index (χ4n) is 2.83. The van der Waals surface area contributed by atoms with Crippen LogP contribution in [0.15, 0.2) is 40.1 Å². The van der Waals surface area contributed by atoms with Gasteiger partial charge in [-0.05, 0) is 5.56 Å². The van der Waals surface area contributed by atoms with Crippen LogP contribution in [-0.4, -0.2) is 29.1 Å². The first-order chi connectivity index (χ1) is 12.0. The number of sulfonamides is 1. The first-order valence-corrected chi connectivity index (χ1v) is 10.5. The first kappa shape index (κ1) is 18.7. The molecule has 2 aromatic carbocycles. The number of hydrogen-bond acceptors (Lipinski definition) is 5. The third kappa shape index (κ3) is 3.06. The lowest BCUT2D eigenvalue weighted by Gasteiger charge is -2.32. The van der Waals surface area contributed by atoms with E-state index in [9.17, 15) is 30.0 Å². The largest absolute Gasteiger partial charge is 0.363 e. The summed E-state index contributed by atoms with van der Waals surface area (Å²) in [4.78, 5) is -1.73. The van der Waals surface area contributed by atoms with Crippen LogP contribution in [-0.2, 0) is 26.4 Å². The summed E-state index contributed by atoms with van der Waals surface area (Å²) in [5.74, 6) is -6.39. The van der Waals surface area contributed by atoms with Crippen molar-refractivity contribution in [2.24, 2.45) is 5.14 Å². The van der Waals surface area contributed by atoms with Gasteiger partial charge < -0.3 is 4.90 Å². The van der Waals surface area contributed by atoms with Crippen molar-refractivity contribution in [3.05, 3.63) is 53.3 Å². The minimum atomic E-state index is -4.97. The van der Waals surface area contributed by atoms with E-state index in [0.717, 1.165) is 4.90 Å². The maximum atomic E-state index is 14.8. The molecule has 2 N–H and O–H groups in total. The molecule has 1 aliphatic rings. The van der Waals surface area contributed by atoms with Crippen molar-refractivity contribution in [3.8, 4) is 0 Å². The Morgan fingerprint density at radius 2 is 1.65 bits per heavy atom. The molecule has 0 spiro atoms. The Kier molecular flexibility index (Phi) is 4.49. The van der Waals surface area contributed by atoms with Gasteiger partial charge in [-0.25, -0.2) is 35.1 Å². The molecule has 0 amide bonds. The van der Waals surface area contributed by atoms with Crippen molar-refractivity contribution in [1.29, 1.82) is 0 Å². The van der Waals surface area contributed by atoms with E-state index in [1.165, 1.54) is 0 Å². The summed E-state index contributed by atoms with van der Waals surface area (Å²) in [6, 6.07) is 8.44. The summed E-state index contributed by atoms with van der Waals surface area (Å²) >= 11 is 0. The number of sulfone groups is 1. The monoisotopic (exact) mass is 406 g/mol. The molecular formula is C15H13F3N2O4S2. The standard InChI is InChI=1S/C15H13F3N2O4S2/c16-10-11(17)15-13(12(18)14(10)26(19,23)24)20(6-7-25(15,21)22)8-9-4-2-1-3-5-9/h1-5H,6-8H2,(H2,19,23,24). The van der Waals surface area contributed by atoms with Crippen molar-refractivity contribution in [2.75, 3.05) is 17.2 Å². The van der Waals surface area contributed by atoms with Crippen molar-refractivity contribution >= 4 is 25.5 Å². The van der Waals surface area contributed by atoms with Crippen LogP contribution in [0.1, 0.15) is 5.56 Å². The fraction of sp³-hybridized carbons (Fsp3) is 0.200. The van der Waals surface area contributed by atoms with Gasteiger partial charge >= 0.3 is 0 Å². The Bertz CT molecular complexity index is 1090. The fourth-order valence-corrected chi connectivity index (χ4v) is 5.06. The Morgan fingerprint density at radius 1 is 1.04 bits per heavy atom. The SMILES string of the molecule is NS(=O)(=O)c1c(F)c(F)c2c(c1F)N(Cc1ccccc1)CCS2(=O)=O. The zero-order valence-corrected chi connectivity index (χ0v) is 14.7. The molecule has 11 heteroatoms. The maximum absolute atomic E-state index is 14.8. The minimum Gasteiger partial charge on any atom is -0.363 e. The molecule has 0 atom stereocenters. The normalized spacial score (nSPS) is 16.4. The van der Waals surface area contributed by atoms with Crippen molar-refractivity contribution in [2.45, 2.75) is 16.3 Å². The second-order valence-corrected chi connectivity index (χ2v) is 9.26. The molecule has 0 saturated carbocycles. The number of rotatable bonds is 3. The van der Waals surface area contributed by atoms with Crippen LogP contribution in [0.2, 0.25) is 0 Å². The highest BCUT2D eigenvalue weighted by Gasteiger charge is 2.40. The van der Waals surface area contributed by atoms with Gasteiger partial charge in [0.15, 0.2) is 32.2 Å². The van der Waals surface area contributed by atoms with E-state index >= 15 is 0 Å². The van der Waals surface area contributed by atoms with E-state index in [1.807, 2.05) is 0 Å². The summed E-state index contributed by atoms with van der Waals surface area (Å²) < 4.78 is 90.7. The Morgan fingerprint density at radius 3 is 2.23 bits per heavy atom. The lowest BCUT2D eigenvalue weighted by atomic mass is 10.2. The van der Waals surface area contributed by atoms with E-state index < -0.39 is 58.5 Å². The lowest BCUT2D eigenvalue weighted by molar-refractivity contribution is 0.436. The number of primary sulfonamides is 1. The quantitative estimate of drug-likeness (QED) is 0.780. The second-order valence-electron chi connectivity index (χ2n) is 5.72. The van der Waals surface area contributed by atoms with Crippen molar-refractivity contribution in [3.63, 3.8) is 0 Å². The molecule has 0 aliphatic carbocycles. The molecule has 1 aliphatic heterocycles. The summed E-state index contributed by atoms with van der Waals surface area (Å²) in [5, 5.41) is 4.78. The van der Waals surface area contributed by atoms with Gasteiger partial charge in [-0.15, -0.1) is 0 Å². The smallest absolute Gasteiger partial charge is 0.244 e. The molecule has 3 rings (SSSR count). The topological polar surface area (TPSA) is 97.5 Å². The summed E-state index contributed by atoms with van der Waals surface area (Å²) in [7, 11) is -9.30. The van der Waals surface area contributed by atoms with Crippen molar-refractivity contribution in [1.82, 2.24) is 0 Å². The maximum Gasteiger partial charge on any atom is 0.244 e. The molecule has 0 bridgehead atoms. The summed E-state index contributed by atoms with van der Waals surface area (Å²) in [6.07, 6.45) is 0. The lowest BCUT2D eigenvalue weighted by Crippen LogP contribution is -2.37. The highest BCUT2D eigenvalue weighted by Crippen LogP contribution is 2.40. The molecule has 6 nitrogen and oxygen atoms in total. The van der Waals surface area contributed by atoms with E-state index in [4.69, 9.17) is 5.14 Å². The van der Waals surface area contributed by atoms with Gasteiger partial charge in [0.2, 0.25) is 10.0 Å². The molecule has 0 unspecified atom stereocenters. The molecule has 0 saturated heterocycles. The minimum absolute atomic E-state index is 0.0323. The Hall–Kier alpha value is -2.11. The van der Waals surface area contributed by atoms with E-state index in [2.05, 4.69) is 0 Å². The Labute approximate surface area is 148 Å². The van der Waals surface area contributed by atoms with Gasteiger partial charge in [-0.1, -0.05) is 30.3 Å². The molecular weight excluding hydrogens is 393 g/mol. The number of benzene rings is 2. The first-order valence-electron chi connectivity index (χ1n) is 7.29. The van der Waals surface area contributed by atoms with Gasteiger partial charge in [-0.3, -0.25) is 0 Å². The third-order valence-electron chi connectivity index (χ3n) is 3.97. The van der Waals surface area contributed by atoms with Crippen LogP contribution in [0.25, 0.3) is 0 Å². The number of nitrogens with zero attached hydrogens (tertiary/aromatic N) is 1. The highest BCUT2D eigenvalue weighted by atomic mass is 32.2.